The number of esters is 1. The molecule has 0 bridgehead atoms. The van der Waals surface area contributed by atoms with Gasteiger partial charge in [-0.05, 0) is 79.4 Å². The van der Waals surface area contributed by atoms with E-state index in [1.807, 2.05) is 31.2 Å². The van der Waals surface area contributed by atoms with Crippen molar-refractivity contribution in [3.63, 3.8) is 0 Å². The predicted molar refractivity (Wildman–Crippen MR) is 150 cm³/mol. The maximum atomic E-state index is 12.0. The van der Waals surface area contributed by atoms with Gasteiger partial charge in [-0.15, -0.1) is 0 Å². The second-order valence-corrected chi connectivity index (χ2v) is 13.4. The van der Waals surface area contributed by atoms with E-state index in [4.69, 9.17) is 9.16 Å². The standard InChI is InChI=1S/C31H43O3Si/c1-9-33-29(32)24-15-13-23(14-16-24)21-22(2)25-17-18-26(30(3,4)5)27(28(25)34-35(7)8)31(6)19-11-10-12-20-31/h13-18,21H,9-12,19-20H2,1-8H3. The average Bonchev–Trinajstić information content (AvgIpc) is 2.78. The Hall–Kier alpha value is -2.33. The molecule has 0 amide bonds. The Morgan fingerprint density at radius 3 is 2.20 bits per heavy atom. The fourth-order valence-electron chi connectivity index (χ4n) is 5.27. The molecule has 0 aromatic heterocycles. The molecule has 3 rings (SSSR count). The molecule has 4 heteroatoms. The summed E-state index contributed by atoms with van der Waals surface area (Å²) < 4.78 is 11.9. The van der Waals surface area contributed by atoms with Crippen molar-refractivity contribution < 1.29 is 14.0 Å². The molecule has 35 heavy (non-hydrogen) atoms. The van der Waals surface area contributed by atoms with Gasteiger partial charge >= 0.3 is 5.97 Å². The first kappa shape index (κ1) is 27.3. The van der Waals surface area contributed by atoms with E-state index in [0.29, 0.717) is 12.2 Å². The summed E-state index contributed by atoms with van der Waals surface area (Å²) in [7, 11) is -0.961. The van der Waals surface area contributed by atoms with Crippen LogP contribution in [0, 0.1) is 0 Å². The minimum Gasteiger partial charge on any atom is -0.542 e. The van der Waals surface area contributed by atoms with E-state index in [9.17, 15) is 4.79 Å². The monoisotopic (exact) mass is 491 g/mol. The highest BCUT2D eigenvalue weighted by Crippen LogP contribution is 2.49. The predicted octanol–water partition coefficient (Wildman–Crippen LogP) is 8.57. The van der Waals surface area contributed by atoms with Crippen molar-refractivity contribution in [2.75, 3.05) is 6.61 Å². The smallest absolute Gasteiger partial charge is 0.338 e. The van der Waals surface area contributed by atoms with Crippen LogP contribution in [0.3, 0.4) is 0 Å². The molecule has 189 valence electrons. The first-order valence-corrected chi connectivity index (χ1v) is 15.5. The van der Waals surface area contributed by atoms with Crippen LogP contribution in [-0.4, -0.2) is 21.6 Å². The van der Waals surface area contributed by atoms with E-state index in [2.05, 4.69) is 65.9 Å². The van der Waals surface area contributed by atoms with Crippen LogP contribution >= 0.6 is 0 Å². The number of benzene rings is 2. The van der Waals surface area contributed by atoms with Crippen molar-refractivity contribution in [3.05, 3.63) is 64.2 Å². The second-order valence-electron chi connectivity index (χ2n) is 11.4. The van der Waals surface area contributed by atoms with Crippen molar-refractivity contribution in [3.8, 4) is 5.75 Å². The highest BCUT2D eigenvalue weighted by atomic mass is 28.3. The maximum absolute atomic E-state index is 12.0. The van der Waals surface area contributed by atoms with Crippen LogP contribution in [0.25, 0.3) is 11.6 Å². The van der Waals surface area contributed by atoms with Crippen LogP contribution in [-0.2, 0) is 15.6 Å². The molecule has 0 unspecified atom stereocenters. The lowest BCUT2D eigenvalue weighted by atomic mass is 9.65. The van der Waals surface area contributed by atoms with Crippen molar-refractivity contribution in [2.45, 2.75) is 97.6 Å². The lowest BCUT2D eigenvalue weighted by molar-refractivity contribution is 0.0526. The summed E-state index contributed by atoms with van der Waals surface area (Å²) in [4.78, 5) is 12.0. The Morgan fingerprint density at radius 1 is 1.03 bits per heavy atom. The summed E-state index contributed by atoms with van der Waals surface area (Å²) in [6.45, 7) is 18.2. The number of carbonyl (C=O) groups excluding carboxylic acids is 1. The van der Waals surface area contributed by atoms with Gasteiger partial charge in [-0.2, -0.15) is 0 Å². The number of ether oxygens (including phenoxy) is 1. The van der Waals surface area contributed by atoms with Crippen molar-refractivity contribution in [2.24, 2.45) is 0 Å². The van der Waals surface area contributed by atoms with Crippen LogP contribution in [0.5, 0.6) is 5.75 Å². The van der Waals surface area contributed by atoms with E-state index in [1.54, 1.807) is 0 Å². The van der Waals surface area contributed by atoms with Gasteiger partial charge in [0.1, 0.15) is 5.75 Å². The van der Waals surface area contributed by atoms with E-state index in [1.165, 1.54) is 54.4 Å². The number of rotatable bonds is 7. The minimum atomic E-state index is -0.961. The second kappa shape index (κ2) is 11.2. The first-order chi connectivity index (χ1) is 16.5. The van der Waals surface area contributed by atoms with E-state index >= 15 is 0 Å². The van der Waals surface area contributed by atoms with Crippen molar-refractivity contribution >= 4 is 26.7 Å². The Morgan fingerprint density at radius 2 is 1.66 bits per heavy atom. The van der Waals surface area contributed by atoms with Gasteiger partial charge in [0.2, 0.25) is 0 Å². The minimum absolute atomic E-state index is 0.0430. The number of allylic oxidation sites excluding steroid dienone is 1. The van der Waals surface area contributed by atoms with Gasteiger partial charge in [0.25, 0.3) is 9.04 Å². The van der Waals surface area contributed by atoms with Gasteiger partial charge < -0.3 is 9.16 Å². The molecule has 0 heterocycles. The maximum Gasteiger partial charge on any atom is 0.338 e. The normalized spacial score (nSPS) is 16.3. The molecule has 3 nitrogen and oxygen atoms in total. The quantitative estimate of drug-likeness (QED) is 0.221. The fraction of sp³-hybridized carbons (Fsp3) is 0.516. The van der Waals surface area contributed by atoms with Gasteiger partial charge in [-0.25, -0.2) is 4.79 Å². The molecule has 1 aliphatic carbocycles. The Bertz CT molecular complexity index is 1050. The lowest BCUT2D eigenvalue weighted by Crippen LogP contribution is -2.31. The highest BCUT2D eigenvalue weighted by Gasteiger charge is 2.37. The number of hydrogen-bond acceptors (Lipinski definition) is 3. The van der Waals surface area contributed by atoms with E-state index < -0.39 is 9.04 Å². The van der Waals surface area contributed by atoms with Gasteiger partial charge in [-0.3, -0.25) is 0 Å². The molecule has 2 aromatic carbocycles. The third kappa shape index (κ3) is 6.46. The third-order valence-electron chi connectivity index (χ3n) is 7.06. The summed E-state index contributed by atoms with van der Waals surface area (Å²) >= 11 is 0. The Balaban J connectivity index is 2.14. The summed E-state index contributed by atoms with van der Waals surface area (Å²) in [6, 6.07) is 12.2. The van der Waals surface area contributed by atoms with E-state index in [0.717, 1.165) is 11.3 Å². The molecular weight excluding hydrogens is 448 g/mol. The van der Waals surface area contributed by atoms with E-state index in [-0.39, 0.29) is 16.8 Å². The summed E-state index contributed by atoms with van der Waals surface area (Å²) in [5, 5.41) is 0. The first-order valence-electron chi connectivity index (χ1n) is 13.1. The van der Waals surface area contributed by atoms with Crippen LogP contribution in [0.1, 0.15) is 106 Å². The zero-order valence-electron chi connectivity index (χ0n) is 23.0. The molecule has 0 aliphatic heterocycles. The molecule has 1 fully saturated rings. The van der Waals surface area contributed by atoms with Gasteiger partial charge in [-0.1, -0.05) is 77.3 Å². The molecule has 0 atom stereocenters. The Kier molecular flexibility index (Phi) is 8.69. The molecule has 2 aromatic rings. The molecule has 1 radical (unpaired) electrons. The molecule has 0 saturated heterocycles. The molecule has 1 saturated carbocycles. The third-order valence-corrected chi connectivity index (χ3v) is 7.67. The fourth-order valence-corrected chi connectivity index (χ4v) is 5.89. The zero-order valence-corrected chi connectivity index (χ0v) is 24.0. The van der Waals surface area contributed by atoms with Gasteiger partial charge in [0.05, 0.1) is 12.2 Å². The van der Waals surface area contributed by atoms with Crippen LogP contribution < -0.4 is 4.43 Å². The summed E-state index contributed by atoms with van der Waals surface area (Å²) in [5.74, 6) is 0.816. The van der Waals surface area contributed by atoms with Crippen LogP contribution in [0.4, 0.5) is 0 Å². The van der Waals surface area contributed by atoms with Gasteiger partial charge in [0.15, 0.2) is 0 Å². The molecule has 1 aliphatic rings. The number of hydrogen-bond donors (Lipinski definition) is 0. The highest BCUT2D eigenvalue weighted by molar-refractivity contribution is 6.49. The lowest BCUT2D eigenvalue weighted by Gasteiger charge is -2.40. The van der Waals surface area contributed by atoms with Crippen LogP contribution in [0.2, 0.25) is 13.1 Å². The topological polar surface area (TPSA) is 35.5 Å². The Labute approximate surface area is 214 Å². The summed E-state index contributed by atoms with van der Waals surface area (Å²) in [5.41, 5.74) is 7.01. The molecule has 0 N–H and O–H groups in total. The largest absolute Gasteiger partial charge is 0.542 e. The average molecular weight is 492 g/mol. The van der Waals surface area contributed by atoms with Crippen LogP contribution in [0.15, 0.2) is 36.4 Å². The zero-order chi connectivity index (χ0) is 25.8. The number of carbonyl (C=O) groups is 1. The van der Waals surface area contributed by atoms with Gasteiger partial charge in [0, 0.05) is 11.1 Å². The molecule has 0 spiro atoms. The summed E-state index contributed by atoms with van der Waals surface area (Å²) in [6.07, 6.45) is 8.50. The SMILES string of the molecule is CCOC(=O)c1ccc(C=C(C)c2ccc(C(C)(C)C)c(C3(C)CCCCC3)c2O[Si](C)C)cc1. The molecular formula is C31H43O3Si. The van der Waals surface area contributed by atoms with Crippen molar-refractivity contribution in [1.82, 2.24) is 0 Å². The van der Waals surface area contributed by atoms with Crippen molar-refractivity contribution in [1.29, 1.82) is 0 Å².